The summed E-state index contributed by atoms with van der Waals surface area (Å²) in [5, 5.41) is 0. The Hall–Kier alpha value is -2.16. The van der Waals surface area contributed by atoms with Gasteiger partial charge in [-0.25, -0.2) is 0 Å². The van der Waals surface area contributed by atoms with Crippen LogP contribution in [0.25, 0.3) is 0 Å². The number of nitrogens with zero attached hydrogens (tertiary/aromatic N) is 1. The number of benzene rings is 2. The van der Waals surface area contributed by atoms with E-state index in [0.29, 0.717) is 12.3 Å². The van der Waals surface area contributed by atoms with Crippen LogP contribution < -0.4 is 15.4 Å². The van der Waals surface area contributed by atoms with E-state index in [-0.39, 0.29) is 0 Å². The average Bonchev–Trinajstić information content (AvgIpc) is 2.46. The highest BCUT2D eigenvalue weighted by Gasteiger charge is 2.04. The van der Waals surface area contributed by atoms with Gasteiger partial charge in [-0.15, -0.1) is 0 Å². The molecule has 0 unspecified atom stereocenters. The minimum atomic E-state index is 0.622. The lowest BCUT2D eigenvalue weighted by Crippen LogP contribution is -2.28. The lowest BCUT2D eigenvalue weighted by atomic mass is 10.3. The fourth-order valence-corrected chi connectivity index (χ4v) is 1.99. The molecule has 2 rings (SSSR count). The Balaban J connectivity index is 1.89. The fourth-order valence-electron chi connectivity index (χ4n) is 1.99. The molecule has 0 aliphatic carbocycles. The number of ether oxygens (including phenoxy) is 1. The smallest absolute Gasteiger partial charge is 0.142 e. The Kier molecular flexibility index (Phi) is 4.67. The summed E-state index contributed by atoms with van der Waals surface area (Å²) in [6, 6.07) is 17.9. The van der Waals surface area contributed by atoms with Gasteiger partial charge in [0.25, 0.3) is 0 Å². The zero-order chi connectivity index (χ0) is 13.5. The minimum absolute atomic E-state index is 0.622. The molecule has 0 aliphatic heterocycles. The maximum Gasteiger partial charge on any atom is 0.142 e. The summed E-state index contributed by atoms with van der Waals surface area (Å²) in [7, 11) is 0. The van der Waals surface area contributed by atoms with Gasteiger partial charge in [0.15, 0.2) is 0 Å². The molecular formula is C16H20N2O. The molecule has 0 bridgehead atoms. The molecule has 100 valence electrons. The van der Waals surface area contributed by atoms with Crippen LogP contribution in [0.15, 0.2) is 54.6 Å². The molecule has 0 fully saturated rings. The van der Waals surface area contributed by atoms with Gasteiger partial charge in [-0.05, 0) is 31.2 Å². The van der Waals surface area contributed by atoms with Crippen molar-refractivity contribution >= 4 is 11.4 Å². The van der Waals surface area contributed by atoms with Crippen LogP contribution in [0.3, 0.4) is 0 Å². The summed E-state index contributed by atoms with van der Waals surface area (Å²) in [6.45, 7) is 4.56. The molecule has 2 aromatic carbocycles. The average molecular weight is 256 g/mol. The van der Waals surface area contributed by atoms with Crippen molar-refractivity contribution in [2.75, 3.05) is 30.3 Å². The lowest BCUT2D eigenvalue weighted by Gasteiger charge is -2.23. The van der Waals surface area contributed by atoms with Crippen molar-refractivity contribution in [1.29, 1.82) is 0 Å². The fraction of sp³-hybridized carbons (Fsp3) is 0.250. The van der Waals surface area contributed by atoms with E-state index in [2.05, 4.69) is 24.0 Å². The highest BCUT2D eigenvalue weighted by Crippen LogP contribution is 2.20. The molecule has 0 radical (unpaired) electrons. The monoisotopic (exact) mass is 256 g/mol. The molecule has 0 aliphatic rings. The Morgan fingerprint density at radius 2 is 1.68 bits per heavy atom. The van der Waals surface area contributed by atoms with Crippen LogP contribution in [0, 0.1) is 0 Å². The molecule has 2 N–H and O–H groups in total. The first kappa shape index (κ1) is 13.3. The number of hydrogen-bond donors (Lipinski definition) is 1. The minimum Gasteiger partial charge on any atom is -0.490 e. The van der Waals surface area contributed by atoms with Gasteiger partial charge in [-0.3, -0.25) is 0 Å². The summed E-state index contributed by atoms with van der Waals surface area (Å²) in [5.41, 5.74) is 7.75. The molecule has 0 spiro atoms. The number of para-hydroxylation sites is 3. The lowest BCUT2D eigenvalue weighted by molar-refractivity contribution is 0.326. The number of nitrogen functional groups attached to an aromatic ring is 1. The van der Waals surface area contributed by atoms with E-state index in [9.17, 15) is 0 Å². The summed E-state index contributed by atoms with van der Waals surface area (Å²) in [6.07, 6.45) is 0. The normalized spacial score (nSPS) is 10.2. The largest absolute Gasteiger partial charge is 0.490 e. The van der Waals surface area contributed by atoms with Crippen molar-refractivity contribution in [3.63, 3.8) is 0 Å². The van der Waals surface area contributed by atoms with E-state index in [0.717, 1.165) is 18.8 Å². The zero-order valence-corrected chi connectivity index (χ0v) is 11.3. The third-order valence-electron chi connectivity index (χ3n) is 3.04. The van der Waals surface area contributed by atoms with Crippen molar-refractivity contribution in [2.45, 2.75) is 6.92 Å². The molecule has 3 nitrogen and oxygen atoms in total. The summed E-state index contributed by atoms with van der Waals surface area (Å²) < 4.78 is 5.72. The molecule has 2 aromatic rings. The second-order valence-electron chi connectivity index (χ2n) is 4.30. The quantitative estimate of drug-likeness (QED) is 0.807. The molecule has 3 heteroatoms. The van der Waals surface area contributed by atoms with Crippen LogP contribution in [0.4, 0.5) is 11.4 Å². The Morgan fingerprint density at radius 1 is 1.00 bits per heavy atom. The predicted octanol–water partition coefficient (Wildman–Crippen LogP) is 3.17. The number of rotatable bonds is 6. The van der Waals surface area contributed by atoms with E-state index in [1.165, 1.54) is 5.69 Å². The molecular weight excluding hydrogens is 236 g/mol. The standard InChI is InChI=1S/C16H20N2O/c1-2-18(14-8-4-3-5-9-14)12-13-19-16-11-7-6-10-15(16)17/h3-11H,2,12-13,17H2,1H3. The Morgan fingerprint density at radius 3 is 2.37 bits per heavy atom. The van der Waals surface area contributed by atoms with Crippen molar-refractivity contribution < 1.29 is 4.74 Å². The third-order valence-corrected chi connectivity index (χ3v) is 3.04. The first-order chi connectivity index (χ1) is 9.31. The highest BCUT2D eigenvalue weighted by atomic mass is 16.5. The van der Waals surface area contributed by atoms with Gasteiger partial charge >= 0.3 is 0 Å². The predicted molar refractivity (Wildman–Crippen MR) is 80.7 cm³/mol. The van der Waals surface area contributed by atoms with Crippen LogP contribution in [0.1, 0.15) is 6.92 Å². The number of anilines is 2. The SMILES string of the molecule is CCN(CCOc1ccccc1N)c1ccccc1. The summed E-state index contributed by atoms with van der Waals surface area (Å²) in [4.78, 5) is 2.28. The van der Waals surface area contributed by atoms with E-state index >= 15 is 0 Å². The highest BCUT2D eigenvalue weighted by molar-refractivity contribution is 5.52. The van der Waals surface area contributed by atoms with Gasteiger partial charge in [0.2, 0.25) is 0 Å². The molecule has 0 aromatic heterocycles. The van der Waals surface area contributed by atoms with Gasteiger partial charge < -0.3 is 15.4 Å². The van der Waals surface area contributed by atoms with Crippen molar-refractivity contribution in [3.8, 4) is 5.75 Å². The van der Waals surface area contributed by atoms with Crippen molar-refractivity contribution in [3.05, 3.63) is 54.6 Å². The maximum absolute atomic E-state index is 5.84. The maximum atomic E-state index is 5.84. The topological polar surface area (TPSA) is 38.5 Å². The zero-order valence-electron chi connectivity index (χ0n) is 11.3. The molecule has 19 heavy (non-hydrogen) atoms. The van der Waals surface area contributed by atoms with E-state index in [1.54, 1.807) is 0 Å². The Labute approximate surface area is 114 Å². The van der Waals surface area contributed by atoms with Crippen LogP contribution in [-0.4, -0.2) is 19.7 Å². The van der Waals surface area contributed by atoms with Gasteiger partial charge in [0.05, 0.1) is 12.2 Å². The van der Waals surface area contributed by atoms with Gasteiger partial charge in [-0.2, -0.15) is 0 Å². The van der Waals surface area contributed by atoms with E-state index in [4.69, 9.17) is 10.5 Å². The van der Waals surface area contributed by atoms with Crippen LogP contribution >= 0.6 is 0 Å². The van der Waals surface area contributed by atoms with E-state index in [1.807, 2.05) is 42.5 Å². The summed E-state index contributed by atoms with van der Waals surface area (Å²) >= 11 is 0. The van der Waals surface area contributed by atoms with Crippen LogP contribution in [0.5, 0.6) is 5.75 Å². The first-order valence-electron chi connectivity index (χ1n) is 6.58. The van der Waals surface area contributed by atoms with Crippen molar-refractivity contribution in [1.82, 2.24) is 0 Å². The molecule has 0 saturated carbocycles. The molecule has 0 heterocycles. The second kappa shape index (κ2) is 6.69. The van der Waals surface area contributed by atoms with E-state index < -0.39 is 0 Å². The summed E-state index contributed by atoms with van der Waals surface area (Å²) in [5.74, 6) is 0.756. The third kappa shape index (κ3) is 3.65. The molecule has 0 saturated heterocycles. The number of likely N-dealkylation sites (N-methyl/N-ethyl adjacent to an activating group) is 1. The van der Waals surface area contributed by atoms with Gasteiger partial charge in [-0.1, -0.05) is 30.3 Å². The van der Waals surface area contributed by atoms with Crippen LogP contribution in [-0.2, 0) is 0 Å². The van der Waals surface area contributed by atoms with Crippen LogP contribution in [0.2, 0.25) is 0 Å². The number of hydrogen-bond acceptors (Lipinski definition) is 3. The number of nitrogens with two attached hydrogens (primary N) is 1. The first-order valence-corrected chi connectivity index (χ1v) is 6.58. The van der Waals surface area contributed by atoms with Gasteiger partial charge in [0, 0.05) is 12.2 Å². The van der Waals surface area contributed by atoms with Crippen molar-refractivity contribution in [2.24, 2.45) is 0 Å². The molecule has 0 atom stereocenters. The van der Waals surface area contributed by atoms with Gasteiger partial charge in [0.1, 0.15) is 12.4 Å². The second-order valence-corrected chi connectivity index (χ2v) is 4.30. The molecule has 0 amide bonds. The Bertz CT molecular complexity index is 499.